The quantitative estimate of drug-likeness (QED) is 0.904. The number of nitrogens with zero attached hydrogens (tertiary/aromatic N) is 2. The smallest absolute Gasteiger partial charge is 0.123 e. The zero-order chi connectivity index (χ0) is 13.1. The van der Waals surface area contributed by atoms with Gasteiger partial charge in [0, 0.05) is 12.7 Å². The molecule has 0 radical (unpaired) electrons. The van der Waals surface area contributed by atoms with Gasteiger partial charge in [-0.1, -0.05) is 0 Å². The van der Waals surface area contributed by atoms with E-state index < -0.39 is 6.10 Å². The van der Waals surface area contributed by atoms with Crippen molar-refractivity contribution >= 4 is 11.4 Å². The second-order valence-electron chi connectivity index (χ2n) is 4.15. The number of halogens is 1. The van der Waals surface area contributed by atoms with Crippen molar-refractivity contribution in [3.8, 4) is 0 Å². The van der Waals surface area contributed by atoms with Gasteiger partial charge in [-0.3, -0.25) is 4.98 Å². The van der Waals surface area contributed by atoms with Crippen LogP contribution in [0.4, 0.5) is 15.8 Å². The summed E-state index contributed by atoms with van der Waals surface area (Å²) in [5.41, 5.74) is 2.39. The molecule has 1 N–H and O–H groups in total. The van der Waals surface area contributed by atoms with Gasteiger partial charge in [-0.05, 0) is 43.3 Å². The maximum atomic E-state index is 12.8. The highest BCUT2D eigenvalue weighted by Crippen LogP contribution is 2.23. The Kier molecular flexibility index (Phi) is 3.58. The Morgan fingerprint density at radius 1 is 1.11 bits per heavy atom. The lowest BCUT2D eigenvalue weighted by Gasteiger charge is -2.19. The minimum Gasteiger partial charge on any atom is -0.387 e. The van der Waals surface area contributed by atoms with Crippen LogP contribution in [0.15, 0.2) is 42.6 Å². The molecule has 18 heavy (non-hydrogen) atoms. The van der Waals surface area contributed by atoms with E-state index in [9.17, 15) is 9.50 Å². The minimum absolute atomic E-state index is 0.255. The topological polar surface area (TPSA) is 36.4 Å². The highest BCUT2D eigenvalue weighted by molar-refractivity contribution is 5.61. The van der Waals surface area contributed by atoms with E-state index in [0.29, 0.717) is 5.69 Å². The van der Waals surface area contributed by atoms with E-state index in [1.807, 2.05) is 18.0 Å². The molecule has 0 spiro atoms. The average molecular weight is 246 g/mol. The van der Waals surface area contributed by atoms with E-state index in [-0.39, 0.29) is 5.82 Å². The molecule has 1 atom stereocenters. The molecule has 0 saturated carbocycles. The molecule has 1 heterocycles. The Labute approximate surface area is 106 Å². The largest absolute Gasteiger partial charge is 0.387 e. The van der Waals surface area contributed by atoms with Crippen molar-refractivity contribution in [2.24, 2.45) is 0 Å². The maximum absolute atomic E-state index is 12.8. The molecule has 0 bridgehead atoms. The molecule has 3 nitrogen and oxygen atoms in total. The van der Waals surface area contributed by atoms with Gasteiger partial charge in [-0.2, -0.15) is 0 Å². The number of aromatic nitrogens is 1. The SMILES string of the molecule is CC(O)c1ccc(N(C)c2ccc(F)cc2)cn1. The highest BCUT2D eigenvalue weighted by atomic mass is 19.1. The first kappa shape index (κ1) is 12.5. The lowest BCUT2D eigenvalue weighted by atomic mass is 10.2. The van der Waals surface area contributed by atoms with E-state index >= 15 is 0 Å². The molecule has 1 aromatic heterocycles. The lowest BCUT2D eigenvalue weighted by Crippen LogP contribution is -2.10. The molecule has 4 heteroatoms. The molecule has 1 unspecified atom stereocenters. The summed E-state index contributed by atoms with van der Waals surface area (Å²) in [5, 5.41) is 9.38. The molecule has 0 aliphatic rings. The van der Waals surface area contributed by atoms with Gasteiger partial charge in [0.25, 0.3) is 0 Å². The van der Waals surface area contributed by atoms with Crippen molar-refractivity contribution in [1.29, 1.82) is 0 Å². The lowest BCUT2D eigenvalue weighted by molar-refractivity contribution is 0.194. The zero-order valence-electron chi connectivity index (χ0n) is 10.3. The van der Waals surface area contributed by atoms with Gasteiger partial charge in [0.15, 0.2) is 0 Å². The van der Waals surface area contributed by atoms with Crippen LogP contribution >= 0.6 is 0 Å². The summed E-state index contributed by atoms with van der Waals surface area (Å²) in [6.45, 7) is 1.67. The summed E-state index contributed by atoms with van der Waals surface area (Å²) in [6, 6.07) is 9.90. The Morgan fingerprint density at radius 3 is 2.22 bits per heavy atom. The first-order valence-electron chi connectivity index (χ1n) is 5.71. The predicted molar refractivity (Wildman–Crippen MR) is 69.3 cm³/mol. The van der Waals surface area contributed by atoms with Gasteiger partial charge in [0.1, 0.15) is 5.82 Å². The van der Waals surface area contributed by atoms with Crippen molar-refractivity contribution in [3.05, 3.63) is 54.1 Å². The molecule has 1 aromatic carbocycles. The molecule has 2 aromatic rings. The van der Waals surface area contributed by atoms with Crippen LogP contribution < -0.4 is 4.90 Å². The molecule has 0 fully saturated rings. The third-order valence-electron chi connectivity index (χ3n) is 2.80. The van der Waals surface area contributed by atoms with Crippen LogP contribution in [0.25, 0.3) is 0 Å². The fourth-order valence-electron chi connectivity index (χ4n) is 1.66. The van der Waals surface area contributed by atoms with Crippen molar-refractivity contribution in [1.82, 2.24) is 4.98 Å². The Balaban J connectivity index is 2.23. The third-order valence-corrected chi connectivity index (χ3v) is 2.80. The number of rotatable bonds is 3. The van der Waals surface area contributed by atoms with Gasteiger partial charge in [0.05, 0.1) is 23.7 Å². The molecular formula is C14H15FN2O. The number of benzene rings is 1. The summed E-state index contributed by atoms with van der Waals surface area (Å²) in [4.78, 5) is 6.08. The first-order chi connectivity index (χ1) is 8.58. The average Bonchev–Trinajstić information content (AvgIpc) is 2.39. The zero-order valence-corrected chi connectivity index (χ0v) is 10.3. The molecule has 0 saturated heterocycles. The van der Waals surface area contributed by atoms with Crippen LogP contribution in [-0.2, 0) is 0 Å². The Hall–Kier alpha value is -1.94. The van der Waals surface area contributed by atoms with E-state index in [2.05, 4.69) is 4.98 Å². The standard InChI is InChI=1S/C14H15FN2O/c1-10(18)14-8-7-13(9-16-14)17(2)12-5-3-11(15)4-6-12/h3-10,18H,1-2H3. The molecule has 94 valence electrons. The second-order valence-corrected chi connectivity index (χ2v) is 4.15. The van der Waals surface area contributed by atoms with Crippen molar-refractivity contribution in [2.75, 3.05) is 11.9 Å². The van der Waals surface area contributed by atoms with Gasteiger partial charge >= 0.3 is 0 Å². The van der Waals surface area contributed by atoms with E-state index in [4.69, 9.17) is 0 Å². The highest BCUT2D eigenvalue weighted by Gasteiger charge is 2.06. The number of aliphatic hydroxyl groups is 1. The number of anilines is 2. The minimum atomic E-state index is -0.574. The summed E-state index contributed by atoms with van der Waals surface area (Å²) in [7, 11) is 1.88. The van der Waals surface area contributed by atoms with Crippen LogP contribution in [0.1, 0.15) is 18.7 Å². The predicted octanol–water partition coefficient (Wildman–Crippen LogP) is 3.04. The normalized spacial score (nSPS) is 12.2. The van der Waals surface area contributed by atoms with Crippen molar-refractivity contribution < 1.29 is 9.50 Å². The van der Waals surface area contributed by atoms with Crippen LogP contribution in [0.5, 0.6) is 0 Å². The fourth-order valence-corrected chi connectivity index (χ4v) is 1.66. The van der Waals surface area contributed by atoms with Crippen LogP contribution in [0, 0.1) is 5.82 Å². The van der Waals surface area contributed by atoms with Crippen LogP contribution in [0.2, 0.25) is 0 Å². The third kappa shape index (κ3) is 2.65. The van der Waals surface area contributed by atoms with E-state index in [1.165, 1.54) is 12.1 Å². The molecule has 0 aliphatic carbocycles. The number of aliphatic hydroxyl groups excluding tert-OH is 1. The van der Waals surface area contributed by atoms with E-state index in [0.717, 1.165) is 11.4 Å². The molecular weight excluding hydrogens is 231 g/mol. The second kappa shape index (κ2) is 5.14. The van der Waals surface area contributed by atoms with Gasteiger partial charge in [0.2, 0.25) is 0 Å². The Morgan fingerprint density at radius 2 is 1.72 bits per heavy atom. The summed E-state index contributed by atoms with van der Waals surface area (Å²) in [6.07, 6.45) is 1.11. The fraction of sp³-hybridized carbons (Fsp3) is 0.214. The summed E-state index contributed by atoms with van der Waals surface area (Å²) < 4.78 is 12.8. The monoisotopic (exact) mass is 246 g/mol. The number of pyridine rings is 1. The van der Waals surface area contributed by atoms with Crippen molar-refractivity contribution in [2.45, 2.75) is 13.0 Å². The van der Waals surface area contributed by atoms with Gasteiger partial charge < -0.3 is 10.0 Å². The summed E-state index contributed by atoms with van der Waals surface area (Å²) >= 11 is 0. The molecule has 0 aliphatic heterocycles. The van der Waals surface area contributed by atoms with E-state index in [1.54, 1.807) is 31.3 Å². The summed E-state index contributed by atoms with van der Waals surface area (Å²) in [5.74, 6) is -0.255. The van der Waals surface area contributed by atoms with Crippen LogP contribution in [0.3, 0.4) is 0 Å². The van der Waals surface area contributed by atoms with Gasteiger partial charge in [-0.15, -0.1) is 0 Å². The first-order valence-corrected chi connectivity index (χ1v) is 5.71. The molecule has 2 rings (SSSR count). The molecule has 0 amide bonds. The Bertz CT molecular complexity index is 508. The number of hydrogen-bond acceptors (Lipinski definition) is 3. The maximum Gasteiger partial charge on any atom is 0.123 e. The van der Waals surface area contributed by atoms with Crippen molar-refractivity contribution in [3.63, 3.8) is 0 Å². The number of hydrogen-bond donors (Lipinski definition) is 1. The van der Waals surface area contributed by atoms with Crippen LogP contribution in [-0.4, -0.2) is 17.1 Å². The van der Waals surface area contributed by atoms with Gasteiger partial charge in [-0.25, -0.2) is 4.39 Å².